The van der Waals surface area contributed by atoms with Crippen LogP contribution in [0.5, 0.6) is 0 Å². The third-order valence-electron chi connectivity index (χ3n) is 3.71. The Morgan fingerprint density at radius 2 is 2.05 bits per heavy atom. The lowest BCUT2D eigenvalue weighted by molar-refractivity contribution is 0.729. The first-order valence-corrected chi connectivity index (χ1v) is 7.78. The lowest BCUT2D eigenvalue weighted by Gasteiger charge is -2.07. The quantitative estimate of drug-likeness (QED) is 0.629. The van der Waals surface area contributed by atoms with Gasteiger partial charge in [0, 0.05) is 11.9 Å². The second-order valence-electron chi connectivity index (χ2n) is 5.01. The molecule has 0 bridgehead atoms. The smallest absolute Gasteiger partial charge is 0.201 e. The van der Waals surface area contributed by atoms with Gasteiger partial charge in [-0.1, -0.05) is 18.2 Å². The van der Waals surface area contributed by atoms with E-state index in [4.69, 9.17) is 5.73 Å². The molecule has 0 aliphatic rings. The van der Waals surface area contributed by atoms with E-state index < -0.39 is 0 Å². The van der Waals surface area contributed by atoms with Gasteiger partial charge in [0.25, 0.3) is 0 Å². The van der Waals surface area contributed by atoms with Crippen molar-refractivity contribution in [2.24, 2.45) is 0 Å². The van der Waals surface area contributed by atoms with Gasteiger partial charge in [-0.2, -0.15) is 11.3 Å². The van der Waals surface area contributed by atoms with Crippen LogP contribution in [0.1, 0.15) is 5.56 Å². The van der Waals surface area contributed by atoms with Crippen LogP contribution in [0, 0.1) is 0 Å². The molecular formula is C16H14N4S. The zero-order valence-corrected chi connectivity index (χ0v) is 12.2. The van der Waals surface area contributed by atoms with Crippen LogP contribution < -0.4 is 5.73 Å². The molecule has 4 rings (SSSR count). The van der Waals surface area contributed by atoms with E-state index in [-0.39, 0.29) is 0 Å². The molecule has 4 aromatic rings. The minimum atomic E-state index is 0.554. The lowest BCUT2D eigenvalue weighted by atomic mass is 10.2. The van der Waals surface area contributed by atoms with Crippen molar-refractivity contribution in [2.45, 2.75) is 13.0 Å². The van der Waals surface area contributed by atoms with Crippen molar-refractivity contribution in [1.29, 1.82) is 0 Å². The Morgan fingerprint density at radius 1 is 1.14 bits per heavy atom. The van der Waals surface area contributed by atoms with Gasteiger partial charge in [-0.05, 0) is 34.9 Å². The van der Waals surface area contributed by atoms with Gasteiger partial charge in [-0.3, -0.25) is 4.98 Å². The predicted molar refractivity (Wildman–Crippen MR) is 87.5 cm³/mol. The molecule has 0 fully saturated rings. The zero-order chi connectivity index (χ0) is 14.2. The number of thiophene rings is 1. The van der Waals surface area contributed by atoms with Gasteiger partial charge in [0.2, 0.25) is 5.95 Å². The summed E-state index contributed by atoms with van der Waals surface area (Å²) in [6.45, 7) is 0.826. The summed E-state index contributed by atoms with van der Waals surface area (Å²) in [5, 5.41) is 5.38. The number of nitrogens with zero attached hydrogens (tertiary/aromatic N) is 3. The fourth-order valence-corrected chi connectivity index (χ4v) is 3.39. The molecule has 0 aliphatic heterocycles. The number of nitrogen functional groups attached to an aromatic ring is 1. The van der Waals surface area contributed by atoms with Gasteiger partial charge < -0.3 is 10.3 Å². The molecule has 5 heteroatoms. The monoisotopic (exact) mass is 294 g/mol. The molecule has 0 radical (unpaired) electrons. The summed E-state index contributed by atoms with van der Waals surface area (Å²) >= 11 is 1.72. The number of hydrogen-bond acceptors (Lipinski definition) is 4. The average Bonchev–Trinajstić information content (AvgIpc) is 3.12. The van der Waals surface area contributed by atoms with Gasteiger partial charge >= 0.3 is 0 Å². The van der Waals surface area contributed by atoms with Gasteiger partial charge in [-0.15, -0.1) is 0 Å². The standard InChI is InChI=1S/C16H14N4S/c17-16-19-14-9-18-13-4-2-1-3-12(13)15(14)20(16)7-5-11-6-8-21-10-11/h1-4,6,8-10H,5,7H2,(H2,17,19). The molecule has 2 N–H and O–H groups in total. The summed E-state index contributed by atoms with van der Waals surface area (Å²) in [5.41, 5.74) is 10.4. The van der Waals surface area contributed by atoms with Gasteiger partial charge in [0.15, 0.2) is 0 Å². The van der Waals surface area contributed by atoms with Crippen molar-refractivity contribution in [2.75, 3.05) is 5.73 Å². The van der Waals surface area contributed by atoms with Crippen molar-refractivity contribution in [3.63, 3.8) is 0 Å². The van der Waals surface area contributed by atoms with E-state index in [0.717, 1.165) is 34.9 Å². The molecule has 21 heavy (non-hydrogen) atoms. The van der Waals surface area contributed by atoms with E-state index in [1.165, 1.54) is 5.56 Å². The molecule has 0 aliphatic carbocycles. The molecule has 1 aromatic carbocycles. The number of aromatic nitrogens is 3. The minimum Gasteiger partial charge on any atom is -0.369 e. The van der Waals surface area contributed by atoms with Gasteiger partial charge in [-0.25, -0.2) is 4.98 Å². The summed E-state index contributed by atoms with van der Waals surface area (Å²) in [6.07, 6.45) is 2.75. The van der Waals surface area contributed by atoms with E-state index in [1.807, 2.05) is 18.2 Å². The van der Waals surface area contributed by atoms with Crippen LogP contribution in [0.3, 0.4) is 0 Å². The van der Waals surface area contributed by atoms with Crippen LogP contribution in [0.25, 0.3) is 21.9 Å². The SMILES string of the molecule is Nc1nc2cnc3ccccc3c2n1CCc1ccsc1. The van der Waals surface area contributed by atoms with Crippen LogP contribution in [-0.2, 0) is 13.0 Å². The molecule has 3 aromatic heterocycles. The van der Waals surface area contributed by atoms with E-state index >= 15 is 0 Å². The van der Waals surface area contributed by atoms with Crippen molar-refractivity contribution >= 4 is 39.2 Å². The third-order valence-corrected chi connectivity index (χ3v) is 4.45. The summed E-state index contributed by atoms with van der Waals surface area (Å²) in [4.78, 5) is 8.89. The predicted octanol–water partition coefficient (Wildman–Crippen LogP) is 3.47. The highest BCUT2D eigenvalue weighted by atomic mass is 32.1. The molecule has 3 heterocycles. The minimum absolute atomic E-state index is 0.554. The Kier molecular flexibility index (Phi) is 2.86. The molecule has 0 atom stereocenters. The van der Waals surface area contributed by atoms with Gasteiger partial charge in [0.05, 0.1) is 17.2 Å². The second-order valence-corrected chi connectivity index (χ2v) is 5.79. The normalized spacial score (nSPS) is 11.4. The zero-order valence-electron chi connectivity index (χ0n) is 11.4. The molecule has 4 nitrogen and oxygen atoms in total. The maximum atomic E-state index is 6.11. The van der Waals surface area contributed by atoms with Crippen LogP contribution in [0.15, 0.2) is 47.3 Å². The van der Waals surface area contributed by atoms with E-state index in [9.17, 15) is 0 Å². The van der Waals surface area contributed by atoms with Crippen LogP contribution >= 0.6 is 11.3 Å². The Balaban J connectivity index is 1.86. The van der Waals surface area contributed by atoms with Crippen molar-refractivity contribution in [3.8, 4) is 0 Å². The van der Waals surface area contributed by atoms with E-state index in [1.54, 1.807) is 17.5 Å². The highest BCUT2D eigenvalue weighted by Gasteiger charge is 2.12. The summed E-state index contributed by atoms with van der Waals surface area (Å²) in [5.74, 6) is 0.554. The van der Waals surface area contributed by atoms with Gasteiger partial charge in [0.1, 0.15) is 5.52 Å². The third kappa shape index (κ3) is 2.06. The number of benzene rings is 1. The molecule has 0 amide bonds. The number of nitrogens with two attached hydrogens (primary N) is 1. The number of rotatable bonds is 3. The molecule has 0 saturated heterocycles. The Hall–Kier alpha value is -2.40. The number of hydrogen-bond donors (Lipinski definition) is 1. The number of imidazole rings is 1. The molecule has 0 spiro atoms. The second kappa shape index (κ2) is 4.86. The number of fused-ring (bicyclic) bond motifs is 3. The maximum Gasteiger partial charge on any atom is 0.201 e. The fourth-order valence-electron chi connectivity index (χ4n) is 2.68. The summed E-state index contributed by atoms with van der Waals surface area (Å²) < 4.78 is 2.09. The highest BCUT2D eigenvalue weighted by Crippen LogP contribution is 2.26. The van der Waals surface area contributed by atoms with Crippen LogP contribution in [0.4, 0.5) is 5.95 Å². The Morgan fingerprint density at radius 3 is 2.90 bits per heavy atom. The molecule has 0 saturated carbocycles. The first-order chi connectivity index (χ1) is 10.3. The number of aryl methyl sites for hydroxylation is 2. The van der Waals surface area contributed by atoms with Crippen molar-refractivity contribution in [3.05, 3.63) is 52.9 Å². The maximum absolute atomic E-state index is 6.11. The number of para-hydroxylation sites is 1. The highest BCUT2D eigenvalue weighted by molar-refractivity contribution is 7.07. The summed E-state index contributed by atoms with van der Waals surface area (Å²) in [6, 6.07) is 10.3. The van der Waals surface area contributed by atoms with Crippen LogP contribution in [-0.4, -0.2) is 14.5 Å². The van der Waals surface area contributed by atoms with Crippen molar-refractivity contribution in [1.82, 2.24) is 14.5 Å². The largest absolute Gasteiger partial charge is 0.369 e. The van der Waals surface area contributed by atoms with E-state index in [0.29, 0.717) is 5.95 Å². The first kappa shape index (κ1) is 12.3. The average molecular weight is 294 g/mol. The molecule has 0 unspecified atom stereocenters. The number of pyridine rings is 1. The first-order valence-electron chi connectivity index (χ1n) is 6.83. The van der Waals surface area contributed by atoms with Crippen LogP contribution in [0.2, 0.25) is 0 Å². The molecular weight excluding hydrogens is 280 g/mol. The summed E-state index contributed by atoms with van der Waals surface area (Å²) in [7, 11) is 0. The van der Waals surface area contributed by atoms with E-state index in [2.05, 4.69) is 37.4 Å². The van der Waals surface area contributed by atoms with Crippen molar-refractivity contribution < 1.29 is 0 Å². The Bertz CT molecular complexity index is 909. The topological polar surface area (TPSA) is 56.7 Å². The number of anilines is 1. The fraction of sp³-hybridized carbons (Fsp3) is 0.125. The molecule has 104 valence electrons. The lowest BCUT2D eigenvalue weighted by Crippen LogP contribution is -2.05. The Labute approximate surface area is 125 Å².